The third-order valence-electron chi connectivity index (χ3n) is 3.25. The first kappa shape index (κ1) is 21.2. The van der Waals surface area contributed by atoms with Crippen LogP contribution in [-0.4, -0.2) is 0 Å². The van der Waals surface area contributed by atoms with Crippen LogP contribution in [0.5, 0.6) is 5.75 Å². The number of rotatable bonds is 3. The fourth-order valence-corrected chi connectivity index (χ4v) is 1.98. The van der Waals surface area contributed by atoms with Crippen molar-refractivity contribution in [1.82, 2.24) is 0 Å². The van der Waals surface area contributed by atoms with Crippen molar-refractivity contribution >= 4 is 24.8 Å². The van der Waals surface area contributed by atoms with Crippen LogP contribution in [0.1, 0.15) is 37.5 Å². The Bertz CT molecular complexity index is 690. The molecular weight excluding hydrogens is 336 g/mol. The fourth-order valence-electron chi connectivity index (χ4n) is 1.98. The van der Waals surface area contributed by atoms with E-state index in [1.54, 1.807) is 6.07 Å². The van der Waals surface area contributed by atoms with Crippen molar-refractivity contribution in [1.29, 1.82) is 5.26 Å². The van der Waals surface area contributed by atoms with E-state index in [9.17, 15) is 4.39 Å². The van der Waals surface area contributed by atoms with Crippen LogP contribution in [0.25, 0.3) is 0 Å². The Labute approximate surface area is 149 Å². The Balaban J connectivity index is 0.00000242. The molecule has 0 bridgehead atoms. The average Bonchev–Trinajstić information content (AvgIpc) is 2.45. The maximum atomic E-state index is 13.7. The van der Waals surface area contributed by atoms with Gasteiger partial charge in [-0.2, -0.15) is 5.26 Å². The molecule has 23 heavy (non-hydrogen) atoms. The van der Waals surface area contributed by atoms with E-state index in [-0.39, 0.29) is 41.5 Å². The summed E-state index contributed by atoms with van der Waals surface area (Å²) in [6.45, 7) is 6.74. The van der Waals surface area contributed by atoms with Gasteiger partial charge in [0.25, 0.3) is 0 Å². The molecule has 0 saturated carbocycles. The molecule has 5 heteroatoms. The van der Waals surface area contributed by atoms with Gasteiger partial charge in [0, 0.05) is 0 Å². The lowest BCUT2D eigenvalue weighted by Crippen LogP contribution is -2.11. The summed E-state index contributed by atoms with van der Waals surface area (Å²) in [5.41, 5.74) is 2.56. The molecule has 0 aliphatic heterocycles. The molecule has 2 nitrogen and oxygen atoms in total. The maximum Gasteiger partial charge on any atom is 0.166 e. The van der Waals surface area contributed by atoms with E-state index >= 15 is 0 Å². The van der Waals surface area contributed by atoms with Gasteiger partial charge >= 0.3 is 0 Å². The molecule has 0 amide bonds. The van der Waals surface area contributed by atoms with Gasteiger partial charge in [0.05, 0.1) is 11.6 Å². The second-order valence-corrected chi connectivity index (χ2v) is 6.00. The summed E-state index contributed by atoms with van der Waals surface area (Å²) in [5.74, 6) is -0.351. The van der Waals surface area contributed by atoms with Crippen LogP contribution in [0.15, 0.2) is 42.5 Å². The predicted octanol–water partition coefficient (Wildman–Crippen LogP) is 5.42. The van der Waals surface area contributed by atoms with E-state index in [1.807, 2.05) is 18.2 Å². The zero-order chi connectivity index (χ0) is 15.5. The number of hydrogen-bond acceptors (Lipinski definition) is 2. The van der Waals surface area contributed by atoms with Crippen LogP contribution in [0.3, 0.4) is 0 Å². The summed E-state index contributed by atoms with van der Waals surface area (Å²) < 4.78 is 19.2. The fraction of sp³-hybridized carbons (Fsp3) is 0.278. The molecule has 2 rings (SSSR count). The summed E-state index contributed by atoms with van der Waals surface area (Å²) in [6.07, 6.45) is 0. The lowest BCUT2D eigenvalue weighted by Gasteiger charge is -2.19. The minimum atomic E-state index is -0.513. The molecule has 0 aromatic heterocycles. The Hall–Kier alpha value is -1.76. The van der Waals surface area contributed by atoms with E-state index in [1.165, 1.54) is 17.7 Å². The summed E-state index contributed by atoms with van der Waals surface area (Å²) in [4.78, 5) is 0. The van der Waals surface area contributed by atoms with Crippen molar-refractivity contribution in [2.45, 2.75) is 32.8 Å². The van der Waals surface area contributed by atoms with E-state index in [2.05, 4.69) is 32.9 Å². The number of ether oxygens (including phenoxy) is 1. The van der Waals surface area contributed by atoms with Gasteiger partial charge < -0.3 is 4.74 Å². The monoisotopic (exact) mass is 355 g/mol. The molecule has 0 unspecified atom stereocenters. The molecule has 0 heterocycles. The van der Waals surface area contributed by atoms with E-state index in [0.29, 0.717) is 6.61 Å². The van der Waals surface area contributed by atoms with Gasteiger partial charge in [0.1, 0.15) is 6.61 Å². The topological polar surface area (TPSA) is 33.0 Å². The Morgan fingerprint density at radius 3 is 2.35 bits per heavy atom. The number of hydrogen-bond donors (Lipinski definition) is 0. The minimum Gasteiger partial charge on any atom is -0.486 e. The van der Waals surface area contributed by atoms with Crippen LogP contribution >= 0.6 is 24.8 Å². The summed E-state index contributed by atoms with van der Waals surface area (Å²) in [5, 5.41) is 8.71. The van der Waals surface area contributed by atoms with Gasteiger partial charge in [-0.25, -0.2) is 4.39 Å². The molecule has 0 aliphatic rings. The lowest BCUT2D eigenvalue weighted by molar-refractivity contribution is 0.290. The van der Waals surface area contributed by atoms with Crippen LogP contribution in [0.2, 0.25) is 0 Å². The highest BCUT2D eigenvalue weighted by molar-refractivity contribution is 5.85. The Morgan fingerprint density at radius 1 is 1.09 bits per heavy atom. The minimum absolute atomic E-state index is 0. The van der Waals surface area contributed by atoms with Crippen molar-refractivity contribution in [3.05, 3.63) is 65.0 Å². The van der Waals surface area contributed by atoms with Crippen molar-refractivity contribution in [3.63, 3.8) is 0 Å². The number of nitriles is 1. The standard InChI is InChI=1S/C18H18FNO.2ClH/c1-18(2,3)15-6-4-5-14(9-15)12-21-17-8-7-13(11-20)10-16(17)19;;/h4-10H,12H2,1-3H3;2*1H. The smallest absolute Gasteiger partial charge is 0.166 e. The van der Waals surface area contributed by atoms with Crippen LogP contribution in [0.4, 0.5) is 4.39 Å². The molecule has 2 aromatic rings. The highest BCUT2D eigenvalue weighted by Crippen LogP contribution is 2.24. The molecule has 0 N–H and O–H groups in total. The van der Waals surface area contributed by atoms with Crippen molar-refractivity contribution in [2.24, 2.45) is 0 Å². The second kappa shape index (κ2) is 8.76. The number of nitrogens with zero attached hydrogens (tertiary/aromatic N) is 1. The normalized spacial score (nSPS) is 10.0. The largest absolute Gasteiger partial charge is 0.486 e. The molecule has 124 valence electrons. The van der Waals surface area contributed by atoms with Crippen molar-refractivity contribution in [2.75, 3.05) is 0 Å². The molecule has 0 spiro atoms. The predicted molar refractivity (Wildman–Crippen MR) is 95.1 cm³/mol. The van der Waals surface area contributed by atoms with Gasteiger partial charge in [0.15, 0.2) is 11.6 Å². The van der Waals surface area contributed by atoms with Gasteiger partial charge in [-0.3, -0.25) is 0 Å². The van der Waals surface area contributed by atoms with E-state index in [4.69, 9.17) is 10.00 Å². The first-order chi connectivity index (χ1) is 9.90. The zero-order valence-corrected chi connectivity index (χ0v) is 14.9. The molecular formula is C18H20Cl2FNO. The van der Waals surface area contributed by atoms with Crippen LogP contribution in [-0.2, 0) is 12.0 Å². The molecule has 0 atom stereocenters. The average molecular weight is 356 g/mol. The first-order valence-electron chi connectivity index (χ1n) is 6.82. The summed E-state index contributed by atoms with van der Waals surface area (Å²) in [6, 6.07) is 14.2. The quantitative estimate of drug-likeness (QED) is 0.736. The SMILES string of the molecule is CC(C)(C)c1cccc(COc2ccc(C#N)cc2F)c1.Cl.Cl. The second-order valence-electron chi connectivity index (χ2n) is 6.00. The third kappa shape index (κ3) is 5.74. The number of benzene rings is 2. The lowest BCUT2D eigenvalue weighted by atomic mass is 9.86. The Kier molecular flexibility index (Phi) is 8.09. The van der Waals surface area contributed by atoms with E-state index in [0.717, 1.165) is 5.56 Å². The van der Waals surface area contributed by atoms with Gasteiger partial charge in [0.2, 0.25) is 0 Å². The molecule has 0 radical (unpaired) electrons. The van der Waals surface area contributed by atoms with Crippen LogP contribution in [0, 0.1) is 17.1 Å². The molecule has 0 aliphatic carbocycles. The Morgan fingerprint density at radius 2 is 1.78 bits per heavy atom. The molecule has 2 aromatic carbocycles. The summed E-state index contributed by atoms with van der Waals surface area (Å²) in [7, 11) is 0. The van der Waals surface area contributed by atoms with Crippen LogP contribution < -0.4 is 4.74 Å². The van der Waals surface area contributed by atoms with Crippen molar-refractivity contribution in [3.8, 4) is 11.8 Å². The molecule has 0 saturated heterocycles. The highest BCUT2D eigenvalue weighted by Gasteiger charge is 2.13. The van der Waals surface area contributed by atoms with E-state index < -0.39 is 5.82 Å². The first-order valence-corrected chi connectivity index (χ1v) is 6.82. The third-order valence-corrected chi connectivity index (χ3v) is 3.25. The molecule has 0 fully saturated rings. The highest BCUT2D eigenvalue weighted by atomic mass is 35.5. The number of halogens is 3. The van der Waals surface area contributed by atoms with Gasteiger partial charge in [-0.05, 0) is 34.7 Å². The summed E-state index contributed by atoms with van der Waals surface area (Å²) >= 11 is 0. The van der Waals surface area contributed by atoms with Gasteiger partial charge in [-0.1, -0.05) is 45.0 Å². The maximum absolute atomic E-state index is 13.7. The van der Waals surface area contributed by atoms with Gasteiger partial charge in [-0.15, -0.1) is 24.8 Å². The zero-order valence-electron chi connectivity index (χ0n) is 13.3. The van der Waals surface area contributed by atoms with Crippen molar-refractivity contribution < 1.29 is 9.13 Å².